The Kier molecular flexibility index (Phi) is 6.90. The van der Waals surface area contributed by atoms with Gasteiger partial charge in [0.2, 0.25) is 0 Å². The normalized spacial score (nSPS) is 12.5. The molecule has 2 aromatic heterocycles. The van der Waals surface area contributed by atoms with Crippen LogP contribution in [-0.4, -0.2) is 36.0 Å². The lowest BCUT2D eigenvalue weighted by atomic mass is 10.1. The van der Waals surface area contributed by atoms with Crippen molar-refractivity contribution >= 4 is 45.1 Å². The van der Waals surface area contributed by atoms with Gasteiger partial charge in [-0.05, 0) is 56.2 Å². The molecule has 0 saturated heterocycles. The minimum atomic E-state index is -0.458. The number of para-hydroxylation sites is 1. The molecule has 2 heterocycles. The molecule has 0 aliphatic heterocycles. The molecule has 0 radical (unpaired) electrons. The van der Waals surface area contributed by atoms with Crippen LogP contribution < -0.4 is 5.32 Å². The quantitative estimate of drug-likeness (QED) is 0.467. The van der Waals surface area contributed by atoms with E-state index in [1.165, 1.54) is 11.3 Å². The Labute approximate surface area is 190 Å². The summed E-state index contributed by atoms with van der Waals surface area (Å²) in [5.74, 6) is -1.30. The second-order valence-corrected chi connectivity index (χ2v) is 8.81. The number of carbonyl (C=O) groups excluding carboxylic acids is 3. The van der Waals surface area contributed by atoms with E-state index in [2.05, 4.69) is 16.4 Å². The molecule has 7 nitrogen and oxygen atoms in total. The molecule has 168 valence electrons. The second-order valence-electron chi connectivity index (χ2n) is 7.70. The zero-order chi connectivity index (χ0) is 22.5. The number of rotatable bonds is 9. The molecule has 4 rings (SSSR count). The third-order valence-electron chi connectivity index (χ3n) is 5.52. The van der Waals surface area contributed by atoms with E-state index in [0.717, 1.165) is 52.6 Å². The second kappa shape index (κ2) is 9.99. The zero-order valence-electron chi connectivity index (χ0n) is 18.0. The first-order valence-corrected chi connectivity index (χ1v) is 11.7. The number of aryl methyl sites for hydroxylation is 2. The van der Waals surface area contributed by atoms with Gasteiger partial charge in [-0.2, -0.15) is 0 Å². The van der Waals surface area contributed by atoms with Crippen molar-refractivity contribution in [2.24, 2.45) is 0 Å². The zero-order valence-corrected chi connectivity index (χ0v) is 18.8. The van der Waals surface area contributed by atoms with Crippen molar-refractivity contribution < 1.29 is 23.9 Å². The van der Waals surface area contributed by atoms with Crippen LogP contribution in [0.15, 0.2) is 30.5 Å². The molecule has 1 amide bonds. The van der Waals surface area contributed by atoms with Crippen molar-refractivity contribution in [1.29, 1.82) is 0 Å². The fourth-order valence-electron chi connectivity index (χ4n) is 4.05. The summed E-state index contributed by atoms with van der Waals surface area (Å²) in [7, 11) is 0. The molecule has 0 atom stereocenters. The fraction of sp³-hybridized carbons (Fsp3) is 0.375. The minimum absolute atomic E-state index is 0.230. The van der Waals surface area contributed by atoms with Crippen LogP contribution in [0.25, 0.3) is 10.9 Å². The van der Waals surface area contributed by atoms with Gasteiger partial charge < -0.3 is 19.8 Å². The number of carbonyl (C=O) groups is 3. The van der Waals surface area contributed by atoms with Gasteiger partial charge in [0.1, 0.15) is 5.00 Å². The summed E-state index contributed by atoms with van der Waals surface area (Å²) in [6, 6.07) is 8.03. The molecular weight excluding hydrogens is 428 g/mol. The van der Waals surface area contributed by atoms with Crippen molar-refractivity contribution in [1.82, 2.24) is 4.98 Å². The van der Waals surface area contributed by atoms with Crippen molar-refractivity contribution in [3.63, 3.8) is 0 Å². The SMILES string of the molecule is CCOC(=O)c1c(NC(=O)COC(=O)CCCc2c[nH]c3ccccc23)sc2c1CCC2. The lowest BCUT2D eigenvalue weighted by Gasteiger charge is -2.08. The summed E-state index contributed by atoms with van der Waals surface area (Å²) < 4.78 is 10.3. The van der Waals surface area contributed by atoms with E-state index in [-0.39, 0.29) is 19.6 Å². The summed E-state index contributed by atoms with van der Waals surface area (Å²) in [5, 5.41) is 4.36. The average Bonchev–Trinajstić information content (AvgIpc) is 3.47. The molecule has 0 spiro atoms. The van der Waals surface area contributed by atoms with Gasteiger partial charge in [-0.15, -0.1) is 11.3 Å². The number of fused-ring (bicyclic) bond motifs is 2. The van der Waals surface area contributed by atoms with Crippen molar-refractivity contribution in [3.05, 3.63) is 52.0 Å². The van der Waals surface area contributed by atoms with Gasteiger partial charge in [0, 0.05) is 28.4 Å². The molecule has 3 aromatic rings. The number of amides is 1. The van der Waals surface area contributed by atoms with Crippen LogP contribution in [0.2, 0.25) is 0 Å². The highest BCUT2D eigenvalue weighted by Crippen LogP contribution is 2.39. The van der Waals surface area contributed by atoms with Crippen LogP contribution in [0.3, 0.4) is 0 Å². The van der Waals surface area contributed by atoms with Crippen LogP contribution in [0, 0.1) is 0 Å². The molecule has 0 unspecified atom stereocenters. The van der Waals surface area contributed by atoms with Crippen LogP contribution in [0.1, 0.15) is 52.5 Å². The summed E-state index contributed by atoms with van der Waals surface area (Å²) in [6.45, 7) is 1.64. The Balaban J connectivity index is 1.26. The smallest absolute Gasteiger partial charge is 0.341 e. The van der Waals surface area contributed by atoms with E-state index in [4.69, 9.17) is 9.47 Å². The van der Waals surface area contributed by atoms with Crippen LogP contribution >= 0.6 is 11.3 Å². The summed E-state index contributed by atoms with van der Waals surface area (Å²) in [6.07, 6.45) is 6.27. The van der Waals surface area contributed by atoms with Crippen molar-refractivity contribution in [2.45, 2.75) is 45.4 Å². The topological polar surface area (TPSA) is 97.5 Å². The minimum Gasteiger partial charge on any atom is -0.462 e. The summed E-state index contributed by atoms with van der Waals surface area (Å²) >= 11 is 1.40. The molecule has 0 fully saturated rings. The van der Waals surface area contributed by atoms with E-state index >= 15 is 0 Å². The Bertz CT molecular complexity index is 1150. The maximum Gasteiger partial charge on any atom is 0.341 e. The third kappa shape index (κ3) is 4.85. The van der Waals surface area contributed by atoms with Crippen molar-refractivity contribution in [2.75, 3.05) is 18.5 Å². The van der Waals surface area contributed by atoms with Gasteiger partial charge in [-0.25, -0.2) is 4.79 Å². The Morgan fingerprint density at radius 3 is 2.84 bits per heavy atom. The average molecular weight is 455 g/mol. The van der Waals surface area contributed by atoms with E-state index in [9.17, 15) is 14.4 Å². The molecular formula is C24H26N2O5S. The first-order chi connectivity index (χ1) is 15.6. The molecule has 1 aromatic carbocycles. The molecule has 8 heteroatoms. The maximum atomic E-state index is 12.4. The molecule has 1 aliphatic carbocycles. The number of esters is 2. The maximum absolute atomic E-state index is 12.4. The van der Waals surface area contributed by atoms with Gasteiger partial charge in [0.15, 0.2) is 6.61 Å². The standard InChI is InChI=1S/C24H26N2O5S/c1-2-30-24(29)22-17-9-6-11-19(17)32-23(22)26-20(27)14-31-21(28)12-5-7-15-13-25-18-10-4-3-8-16(15)18/h3-4,8,10,13,25H,2,5-7,9,11-12,14H2,1H3,(H,26,27). The highest BCUT2D eigenvalue weighted by Gasteiger charge is 2.28. The van der Waals surface area contributed by atoms with E-state index in [1.54, 1.807) is 6.92 Å². The number of hydrogen-bond donors (Lipinski definition) is 2. The van der Waals surface area contributed by atoms with Gasteiger partial charge in [-0.1, -0.05) is 18.2 Å². The first kappa shape index (κ1) is 22.1. The Hall–Kier alpha value is -3.13. The highest BCUT2D eigenvalue weighted by molar-refractivity contribution is 7.17. The van der Waals surface area contributed by atoms with E-state index in [1.807, 2.05) is 24.4 Å². The Morgan fingerprint density at radius 2 is 2.00 bits per heavy atom. The van der Waals surface area contributed by atoms with Crippen molar-refractivity contribution in [3.8, 4) is 0 Å². The lowest BCUT2D eigenvalue weighted by molar-refractivity contribution is -0.147. The number of benzene rings is 1. The molecule has 32 heavy (non-hydrogen) atoms. The number of ether oxygens (including phenoxy) is 2. The number of thiophene rings is 1. The number of anilines is 1. The van der Waals surface area contributed by atoms with Gasteiger partial charge in [0.25, 0.3) is 5.91 Å². The van der Waals surface area contributed by atoms with Crippen LogP contribution in [0.4, 0.5) is 5.00 Å². The number of aromatic amines is 1. The number of nitrogens with one attached hydrogen (secondary N) is 2. The van der Waals surface area contributed by atoms with Gasteiger partial charge in [0.05, 0.1) is 12.2 Å². The number of aromatic nitrogens is 1. The molecule has 1 aliphatic rings. The molecule has 0 bridgehead atoms. The van der Waals surface area contributed by atoms with Crippen LogP contribution in [-0.2, 0) is 38.3 Å². The third-order valence-corrected chi connectivity index (χ3v) is 6.73. The Morgan fingerprint density at radius 1 is 1.16 bits per heavy atom. The lowest BCUT2D eigenvalue weighted by Crippen LogP contribution is -2.21. The first-order valence-electron chi connectivity index (χ1n) is 10.9. The largest absolute Gasteiger partial charge is 0.462 e. The van der Waals surface area contributed by atoms with E-state index < -0.39 is 17.8 Å². The molecule has 2 N–H and O–H groups in total. The van der Waals surface area contributed by atoms with Gasteiger partial charge >= 0.3 is 11.9 Å². The fourth-order valence-corrected chi connectivity index (χ4v) is 5.35. The molecule has 0 saturated carbocycles. The summed E-state index contributed by atoms with van der Waals surface area (Å²) in [4.78, 5) is 41.1. The van der Waals surface area contributed by atoms with E-state index in [0.29, 0.717) is 17.0 Å². The van der Waals surface area contributed by atoms with Crippen LogP contribution in [0.5, 0.6) is 0 Å². The predicted octanol–water partition coefficient (Wildman–Crippen LogP) is 4.40. The number of H-pyrrole nitrogens is 1. The predicted molar refractivity (Wildman–Crippen MR) is 123 cm³/mol. The monoisotopic (exact) mass is 454 g/mol. The van der Waals surface area contributed by atoms with Gasteiger partial charge in [-0.3, -0.25) is 9.59 Å². The highest BCUT2D eigenvalue weighted by atomic mass is 32.1. The summed E-state index contributed by atoms with van der Waals surface area (Å²) in [5.41, 5.74) is 3.65. The number of hydrogen-bond acceptors (Lipinski definition) is 6.